The number of nitriles is 1. The highest BCUT2D eigenvalue weighted by Crippen LogP contribution is 2.38. The Labute approximate surface area is 217 Å². The average molecular weight is 550 g/mol. The van der Waals surface area contributed by atoms with Crippen LogP contribution in [0, 0.1) is 35.3 Å². The first-order valence-corrected chi connectivity index (χ1v) is 11.8. The van der Waals surface area contributed by atoms with Gasteiger partial charge in [-0.1, -0.05) is 24.3 Å². The van der Waals surface area contributed by atoms with Gasteiger partial charge in [0.1, 0.15) is 18.2 Å². The Hall–Kier alpha value is -4.16. The molecule has 3 aromatic carbocycles. The van der Waals surface area contributed by atoms with Gasteiger partial charge in [-0.25, -0.2) is 0 Å². The molecule has 0 atom stereocenters. The number of rotatable bonds is 9. The van der Waals surface area contributed by atoms with Crippen molar-refractivity contribution in [2.75, 3.05) is 11.9 Å². The Morgan fingerprint density at radius 1 is 1.17 bits per heavy atom. The fraction of sp³-hybridized carbons (Fsp3) is 0.185. The summed E-state index contributed by atoms with van der Waals surface area (Å²) < 4.78 is 12.2. The van der Waals surface area contributed by atoms with E-state index in [1.165, 1.54) is 18.2 Å². The van der Waals surface area contributed by atoms with Gasteiger partial charge in [0, 0.05) is 17.8 Å². The molecule has 0 aliphatic heterocycles. The third kappa shape index (κ3) is 6.49. The number of nitro groups is 1. The molecule has 0 aromatic heterocycles. The van der Waals surface area contributed by atoms with Gasteiger partial charge in [0.15, 0.2) is 11.5 Å². The van der Waals surface area contributed by atoms with Crippen LogP contribution in [-0.2, 0) is 11.4 Å². The number of amides is 1. The Morgan fingerprint density at radius 2 is 1.92 bits per heavy atom. The first kappa shape index (κ1) is 26.4. The first-order chi connectivity index (χ1) is 17.2. The SMILES string of the molecule is CCOc1cc(/C=C(\C#N)C(=O)Nc2cccc(C)c2C)cc(Br)c1OCc1cccc([N+](=O)[O-])c1. The van der Waals surface area contributed by atoms with E-state index in [2.05, 4.69) is 21.2 Å². The van der Waals surface area contributed by atoms with Gasteiger partial charge in [-0.2, -0.15) is 5.26 Å². The van der Waals surface area contributed by atoms with Crippen LogP contribution in [0.4, 0.5) is 11.4 Å². The molecular formula is C27H24BrN3O5. The smallest absolute Gasteiger partial charge is 0.269 e. The number of aryl methyl sites for hydroxylation is 1. The molecule has 0 aliphatic rings. The molecule has 36 heavy (non-hydrogen) atoms. The third-order valence-corrected chi connectivity index (χ3v) is 5.95. The lowest BCUT2D eigenvalue weighted by Crippen LogP contribution is -2.14. The molecule has 8 nitrogen and oxygen atoms in total. The van der Waals surface area contributed by atoms with Gasteiger partial charge >= 0.3 is 0 Å². The number of hydrogen-bond donors (Lipinski definition) is 1. The molecule has 1 N–H and O–H groups in total. The molecule has 0 aliphatic carbocycles. The summed E-state index contributed by atoms with van der Waals surface area (Å²) in [6, 6.07) is 17.1. The summed E-state index contributed by atoms with van der Waals surface area (Å²) in [7, 11) is 0. The predicted molar refractivity (Wildman–Crippen MR) is 141 cm³/mol. The van der Waals surface area contributed by atoms with E-state index < -0.39 is 10.8 Å². The highest BCUT2D eigenvalue weighted by atomic mass is 79.9. The van der Waals surface area contributed by atoms with Crippen molar-refractivity contribution in [1.82, 2.24) is 0 Å². The second-order valence-corrected chi connectivity index (χ2v) is 8.70. The van der Waals surface area contributed by atoms with E-state index in [0.717, 1.165) is 11.1 Å². The first-order valence-electron chi connectivity index (χ1n) is 11.0. The number of carbonyl (C=O) groups excluding carboxylic acids is 1. The highest BCUT2D eigenvalue weighted by Gasteiger charge is 2.16. The second-order valence-electron chi connectivity index (χ2n) is 7.85. The lowest BCUT2D eigenvalue weighted by atomic mass is 10.1. The summed E-state index contributed by atoms with van der Waals surface area (Å²) in [5.74, 6) is 0.279. The molecule has 3 aromatic rings. The highest BCUT2D eigenvalue weighted by molar-refractivity contribution is 9.10. The van der Waals surface area contributed by atoms with E-state index in [-0.39, 0.29) is 17.9 Å². The van der Waals surface area contributed by atoms with Crippen molar-refractivity contribution in [3.05, 3.63) is 97.0 Å². The second kappa shape index (κ2) is 12.0. The molecule has 0 spiro atoms. The Balaban J connectivity index is 1.86. The molecule has 0 unspecified atom stereocenters. The van der Waals surface area contributed by atoms with E-state index in [1.54, 1.807) is 30.3 Å². The van der Waals surface area contributed by atoms with Gasteiger partial charge in [-0.15, -0.1) is 0 Å². The van der Waals surface area contributed by atoms with Crippen molar-refractivity contribution in [1.29, 1.82) is 5.26 Å². The number of nitrogens with one attached hydrogen (secondary N) is 1. The van der Waals surface area contributed by atoms with E-state index in [4.69, 9.17) is 9.47 Å². The summed E-state index contributed by atoms with van der Waals surface area (Å²) in [6.45, 7) is 6.10. The molecule has 0 saturated heterocycles. The molecule has 3 rings (SSSR count). The normalized spacial score (nSPS) is 10.9. The molecule has 1 amide bonds. The topological polar surface area (TPSA) is 114 Å². The van der Waals surface area contributed by atoms with E-state index in [9.17, 15) is 20.2 Å². The largest absolute Gasteiger partial charge is 0.490 e. The van der Waals surface area contributed by atoms with Crippen LogP contribution in [-0.4, -0.2) is 17.4 Å². The minimum absolute atomic E-state index is 0.0242. The van der Waals surface area contributed by atoms with E-state index in [1.807, 2.05) is 39.0 Å². The molecule has 0 saturated carbocycles. The number of nitrogens with zero attached hydrogens (tertiary/aromatic N) is 2. The molecule has 0 heterocycles. The van der Waals surface area contributed by atoms with Gasteiger partial charge in [0.05, 0.1) is 16.0 Å². The van der Waals surface area contributed by atoms with Gasteiger partial charge in [0.25, 0.3) is 11.6 Å². The number of non-ortho nitro benzene ring substituents is 1. The number of anilines is 1. The quantitative estimate of drug-likeness (QED) is 0.141. The van der Waals surface area contributed by atoms with Crippen molar-refractivity contribution < 1.29 is 19.2 Å². The summed E-state index contributed by atoms with van der Waals surface area (Å²) in [5.41, 5.74) is 3.68. The molecule has 184 valence electrons. The monoisotopic (exact) mass is 549 g/mol. The van der Waals surface area contributed by atoms with Crippen LogP contribution in [0.15, 0.2) is 64.6 Å². The van der Waals surface area contributed by atoms with E-state index in [0.29, 0.717) is 39.4 Å². The zero-order valence-corrected chi connectivity index (χ0v) is 21.6. The fourth-order valence-electron chi connectivity index (χ4n) is 3.38. The molecule has 0 bridgehead atoms. The fourth-order valence-corrected chi connectivity index (χ4v) is 3.96. The molecule has 9 heteroatoms. The van der Waals surface area contributed by atoms with Gasteiger partial charge < -0.3 is 14.8 Å². The molecular weight excluding hydrogens is 526 g/mol. The lowest BCUT2D eigenvalue weighted by Gasteiger charge is -2.15. The van der Waals surface area contributed by atoms with Crippen molar-refractivity contribution >= 4 is 39.3 Å². The average Bonchev–Trinajstić information content (AvgIpc) is 2.85. The summed E-state index contributed by atoms with van der Waals surface area (Å²) >= 11 is 3.47. The lowest BCUT2D eigenvalue weighted by molar-refractivity contribution is -0.384. The van der Waals surface area contributed by atoms with E-state index >= 15 is 0 Å². The van der Waals surface area contributed by atoms with Crippen molar-refractivity contribution in [3.63, 3.8) is 0 Å². The number of ether oxygens (including phenoxy) is 2. The van der Waals surface area contributed by atoms with Crippen LogP contribution >= 0.6 is 15.9 Å². The van der Waals surface area contributed by atoms with Crippen LogP contribution in [0.3, 0.4) is 0 Å². The Morgan fingerprint density at radius 3 is 2.61 bits per heavy atom. The van der Waals surface area contributed by atoms with Crippen molar-refractivity contribution in [3.8, 4) is 17.6 Å². The van der Waals surface area contributed by atoms with Crippen molar-refractivity contribution in [2.45, 2.75) is 27.4 Å². The maximum absolute atomic E-state index is 12.8. The zero-order chi connectivity index (χ0) is 26.2. The summed E-state index contributed by atoms with van der Waals surface area (Å²) in [5, 5.41) is 23.5. The minimum Gasteiger partial charge on any atom is -0.490 e. The standard InChI is InChI=1S/C27H24BrN3O5/c1-4-35-25-14-20(11-21(15-29)27(32)30-24-10-5-7-17(2)18(24)3)13-23(28)26(25)36-16-19-8-6-9-22(12-19)31(33)34/h5-14H,4,16H2,1-3H3,(H,30,32)/b21-11+. The molecule has 0 fully saturated rings. The Bertz CT molecular complexity index is 1380. The van der Waals surface area contributed by atoms with Crippen LogP contribution < -0.4 is 14.8 Å². The van der Waals surface area contributed by atoms with Crippen LogP contribution in [0.2, 0.25) is 0 Å². The summed E-state index contributed by atoms with van der Waals surface area (Å²) in [6.07, 6.45) is 1.47. The molecule has 0 radical (unpaired) electrons. The van der Waals surface area contributed by atoms with Crippen LogP contribution in [0.1, 0.15) is 29.2 Å². The maximum Gasteiger partial charge on any atom is 0.269 e. The van der Waals surface area contributed by atoms with Crippen LogP contribution in [0.5, 0.6) is 11.5 Å². The van der Waals surface area contributed by atoms with Gasteiger partial charge in [0.2, 0.25) is 0 Å². The minimum atomic E-state index is -0.522. The maximum atomic E-state index is 12.8. The van der Waals surface area contributed by atoms with Gasteiger partial charge in [-0.3, -0.25) is 14.9 Å². The third-order valence-electron chi connectivity index (χ3n) is 5.37. The Kier molecular flexibility index (Phi) is 8.81. The number of benzene rings is 3. The van der Waals surface area contributed by atoms with Crippen LogP contribution in [0.25, 0.3) is 6.08 Å². The predicted octanol–water partition coefficient (Wildman–Crippen LogP) is 6.50. The number of halogens is 1. The number of hydrogen-bond acceptors (Lipinski definition) is 6. The number of nitro benzene ring substituents is 1. The van der Waals surface area contributed by atoms with Gasteiger partial charge in [-0.05, 0) is 83.2 Å². The van der Waals surface area contributed by atoms with Crippen molar-refractivity contribution in [2.24, 2.45) is 0 Å². The summed E-state index contributed by atoms with van der Waals surface area (Å²) in [4.78, 5) is 23.4. The zero-order valence-electron chi connectivity index (χ0n) is 20.0. The number of carbonyl (C=O) groups is 1.